The molecule has 5 heteroatoms. The van der Waals surface area contributed by atoms with Gasteiger partial charge in [-0.1, -0.05) is 22.0 Å². The SMILES string of the molecule is CC1(C)CN(CC2(O)CCCOC2)Cc2ccc(Br)cc2O1. The molecule has 1 aromatic carbocycles. The van der Waals surface area contributed by atoms with Crippen LogP contribution in [0, 0.1) is 0 Å². The smallest absolute Gasteiger partial charge is 0.125 e. The zero-order valence-electron chi connectivity index (χ0n) is 13.3. The van der Waals surface area contributed by atoms with E-state index in [0.29, 0.717) is 13.2 Å². The highest BCUT2D eigenvalue weighted by Crippen LogP contribution is 2.33. The van der Waals surface area contributed by atoms with E-state index in [0.717, 1.165) is 48.3 Å². The average molecular weight is 370 g/mol. The molecule has 1 atom stereocenters. The van der Waals surface area contributed by atoms with Crippen molar-refractivity contribution in [1.29, 1.82) is 0 Å². The van der Waals surface area contributed by atoms with E-state index in [2.05, 4.69) is 40.7 Å². The third-order valence-corrected chi connectivity index (χ3v) is 4.73. The molecule has 0 radical (unpaired) electrons. The Morgan fingerprint density at radius 1 is 1.36 bits per heavy atom. The van der Waals surface area contributed by atoms with Crippen molar-refractivity contribution in [1.82, 2.24) is 4.90 Å². The molecule has 2 aliphatic rings. The minimum absolute atomic E-state index is 0.294. The number of β-amino-alcohol motifs (C(OH)–C–C–N with tert-alkyl or cyclic N) is 1. The Labute approximate surface area is 140 Å². The lowest BCUT2D eigenvalue weighted by Crippen LogP contribution is -2.51. The topological polar surface area (TPSA) is 41.9 Å². The Balaban J connectivity index is 1.81. The fourth-order valence-corrected chi connectivity index (χ4v) is 3.75. The van der Waals surface area contributed by atoms with Crippen LogP contribution in [0.5, 0.6) is 5.75 Å². The molecule has 122 valence electrons. The second-order valence-corrected chi connectivity index (χ2v) is 8.06. The van der Waals surface area contributed by atoms with Crippen molar-refractivity contribution in [2.75, 3.05) is 26.3 Å². The molecule has 0 spiro atoms. The molecule has 0 aliphatic carbocycles. The number of aliphatic hydroxyl groups is 1. The largest absolute Gasteiger partial charge is 0.486 e. The number of rotatable bonds is 2. The molecule has 4 nitrogen and oxygen atoms in total. The summed E-state index contributed by atoms with van der Waals surface area (Å²) in [5.74, 6) is 0.925. The van der Waals surface area contributed by atoms with Crippen LogP contribution in [0.1, 0.15) is 32.3 Å². The number of benzene rings is 1. The van der Waals surface area contributed by atoms with Crippen LogP contribution in [-0.4, -0.2) is 47.5 Å². The van der Waals surface area contributed by atoms with Crippen molar-refractivity contribution in [3.63, 3.8) is 0 Å². The van der Waals surface area contributed by atoms with Crippen LogP contribution in [0.25, 0.3) is 0 Å². The van der Waals surface area contributed by atoms with Gasteiger partial charge in [0.2, 0.25) is 0 Å². The first kappa shape index (κ1) is 16.2. The highest BCUT2D eigenvalue weighted by atomic mass is 79.9. The van der Waals surface area contributed by atoms with Crippen molar-refractivity contribution in [3.8, 4) is 5.75 Å². The van der Waals surface area contributed by atoms with Gasteiger partial charge in [-0.2, -0.15) is 0 Å². The summed E-state index contributed by atoms with van der Waals surface area (Å²) in [6, 6.07) is 6.16. The molecule has 1 unspecified atom stereocenters. The van der Waals surface area contributed by atoms with Gasteiger partial charge in [0.15, 0.2) is 0 Å². The molecule has 0 saturated carbocycles. The van der Waals surface area contributed by atoms with Crippen LogP contribution in [-0.2, 0) is 11.3 Å². The monoisotopic (exact) mass is 369 g/mol. The first-order chi connectivity index (χ1) is 10.4. The lowest BCUT2D eigenvalue weighted by Gasteiger charge is -2.38. The first-order valence-corrected chi connectivity index (χ1v) is 8.65. The lowest BCUT2D eigenvalue weighted by atomic mass is 9.95. The first-order valence-electron chi connectivity index (χ1n) is 7.85. The summed E-state index contributed by atoms with van der Waals surface area (Å²) in [5.41, 5.74) is 0.126. The van der Waals surface area contributed by atoms with E-state index in [9.17, 15) is 5.11 Å². The Hall–Kier alpha value is -0.620. The molecule has 0 amide bonds. The van der Waals surface area contributed by atoms with Gasteiger partial charge in [-0.3, -0.25) is 4.90 Å². The van der Waals surface area contributed by atoms with Gasteiger partial charge in [-0.05, 0) is 38.8 Å². The van der Waals surface area contributed by atoms with Crippen molar-refractivity contribution < 1.29 is 14.6 Å². The highest BCUT2D eigenvalue weighted by Gasteiger charge is 2.36. The fourth-order valence-electron chi connectivity index (χ4n) is 3.41. The summed E-state index contributed by atoms with van der Waals surface area (Å²) >= 11 is 3.51. The van der Waals surface area contributed by atoms with Crippen molar-refractivity contribution in [2.24, 2.45) is 0 Å². The Bertz CT molecular complexity index is 541. The molecule has 1 N–H and O–H groups in total. The number of ether oxygens (including phenoxy) is 2. The molecule has 2 heterocycles. The fraction of sp³-hybridized carbons (Fsp3) is 0.647. The molecular weight excluding hydrogens is 346 g/mol. The summed E-state index contributed by atoms with van der Waals surface area (Å²) in [5, 5.41) is 10.8. The summed E-state index contributed by atoms with van der Waals surface area (Å²) < 4.78 is 12.7. The molecule has 2 aliphatic heterocycles. The van der Waals surface area contributed by atoms with Gasteiger partial charge in [0.1, 0.15) is 17.0 Å². The van der Waals surface area contributed by atoms with Gasteiger partial charge in [-0.15, -0.1) is 0 Å². The standard InChI is InChI=1S/C17H24BrNO3/c1-16(2)10-19(11-17(20)6-3-7-21-12-17)9-13-4-5-14(18)8-15(13)22-16/h4-5,8,20H,3,6-7,9-12H2,1-2H3. The van der Waals surface area contributed by atoms with Gasteiger partial charge in [0.25, 0.3) is 0 Å². The lowest BCUT2D eigenvalue weighted by molar-refractivity contribution is -0.105. The maximum absolute atomic E-state index is 10.8. The van der Waals surface area contributed by atoms with Gasteiger partial charge in [0.05, 0.1) is 6.61 Å². The third-order valence-electron chi connectivity index (χ3n) is 4.23. The van der Waals surface area contributed by atoms with Crippen LogP contribution in [0.4, 0.5) is 0 Å². The Morgan fingerprint density at radius 2 is 2.18 bits per heavy atom. The second-order valence-electron chi connectivity index (χ2n) is 7.14. The Morgan fingerprint density at radius 3 is 2.91 bits per heavy atom. The van der Waals surface area contributed by atoms with E-state index >= 15 is 0 Å². The predicted molar refractivity (Wildman–Crippen MR) is 89.1 cm³/mol. The van der Waals surface area contributed by atoms with Gasteiger partial charge in [-0.25, -0.2) is 0 Å². The summed E-state index contributed by atoms with van der Waals surface area (Å²) in [7, 11) is 0. The summed E-state index contributed by atoms with van der Waals surface area (Å²) in [6.45, 7) is 7.56. The molecule has 3 rings (SSSR count). The molecule has 1 saturated heterocycles. The number of hydrogen-bond acceptors (Lipinski definition) is 4. The zero-order valence-corrected chi connectivity index (χ0v) is 14.9. The molecule has 1 aromatic rings. The van der Waals surface area contributed by atoms with E-state index in [1.165, 1.54) is 0 Å². The quantitative estimate of drug-likeness (QED) is 0.869. The van der Waals surface area contributed by atoms with E-state index in [1.807, 2.05) is 12.1 Å². The van der Waals surface area contributed by atoms with Gasteiger partial charge < -0.3 is 14.6 Å². The maximum Gasteiger partial charge on any atom is 0.125 e. The Kier molecular flexibility index (Phi) is 4.52. The average Bonchev–Trinajstić information content (AvgIpc) is 2.52. The van der Waals surface area contributed by atoms with E-state index in [4.69, 9.17) is 9.47 Å². The number of nitrogens with zero attached hydrogens (tertiary/aromatic N) is 1. The summed E-state index contributed by atoms with van der Waals surface area (Å²) in [6.07, 6.45) is 1.73. The minimum Gasteiger partial charge on any atom is -0.486 e. The molecule has 0 bridgehead atoms. The molecule has 1 fully saturated rings. The van der Waals surface area contributed by atoms with Crippen molar-refractivity contribution in [3.05, 3.63) is 28.2 Å². The van der Waals surface area contributed by atoms with Crippen molar-refractivity contribution in [2.45, 2.75) is 44.4 Å². The van der Waals surface area contributed by atoms with Gasteiger partial charge in [0, 0.05) is 36.3 Å². The molecule has 0 aromatic heterocycles. The molecule has 22 heavy (non-hydrogen) atoms. The maximum atomic E-state index is 10.8. The normalized spacial score (nSPS) is 28.5. The van der Waals surface area contributed by atoms with E-state index in [1.54, 1.807) is 0 Å². The summed E-state index contributed by atoms with van der Waals surface area (Å²) in [4.78, 5) is 2.29. The number of fused-ring (bicyclic) bond motifs is 1. The van der Waals surface area contributed by atoms with Crippen LogP contribution < -0.4 is 4.74 Å². The van der Waals surface area contributed by atoms with Crippen LogP contribution in [0.2, 0.25) is 0 Å². The zero-order chi connectivity index (χ0) is 15.8. The van der Waals surface area contributed by atoms with Gasteiger partial charge >= 0.3 is 0 Å². The van der Waals surface area contributed by atoms with Crippen LogP contribution in [0.3, 0.4) is 0 Å². The van der Waals surface area contributed by atoms with Crippen LogP contribution in [0.15, 0.2) is 22.7 Å². The number of hydrogen-bond donors (Lipinski definition) is 1. The minimum atomic E-state index is -0.742. The van der Waals surface area contributed by atoms with Crippen LogP contribution >= 0.6 is 15.9 Å². The van der Waals surface area contributed by atoms with E-state index in [-0.39, 0.29) is 5.60 Å². The van der Waals surface area contributed by atoms with E-state index < -0.39 is 5.60 Å². The predicted octanol–water partition coefficient (Wildman–Crippen LogP) is 2.96. The third kappa shape index (κ3) is 3.82. The van der Waals surface area contributed by atoms with Crippen molar-refractivity contribution >= 4 is 15.9 Å². The second kappa shape index (κ2) is 6.11. The highest BCUT2D eigenvalue weighted by molar-refractivity contribution is 9.10. The molecular formula is C17H24BrNO3. The number of halogens is 1.